The second-order valence-electron chi connectivity index (χ2n) is 3.61. The molecule has 1 aromatic heterocycles. The minimum atomic E-state index is -0.816. The van der Waals surface area contributed by atoms with E-state index in [4.69, 9.17) is 0 Å². The van der Waals surface area contributed by atoms with Gasteiger partial charge in [0.05, 0.1) is 4.92 Å². The number of amides is 4. The number of nitrogens with zero attached hydrogens (tertiary/aromatic N) is 2. The number of nitrogens with one attached hydrogen (secondary N) is 1. The zero-order chi connectivity index (χ0) is 14.2. The molecule has 9 heteroatoms. The summed E-state index contributed by atoms with van der Waals surface area (Å²) in [5.74, 6) is -1.56. The maximum Gasteiger partial charge on any atom is 0.331 e. The Kier molecular flexibility index (Phi) is 3.13. The van der Waals surface area contributed by atoms with Crippen LogP contribution in [-0.4, -0.2) is 34.7 Å². The van der Waals surface area contributed by atoms with E-state index in [2.05, 4.69) is 0 Å². The van der Waals surface area contributed by atoms with Gasteiger partial charge in [0.15, 0.2) is 0 Å². The summed E-state index contributed by atoms with van der Waals surface area (Å²) in [7, 11) is 1.23. The Morgan fingerprint density at radius 2 is 2.05 bits per heavy atom. The highest BCUT2D eigenvalue weighted by molar-refractivity contribution is 7.16. The minimum absolute atomic E-state index is 0.0973. The summed E-state index contributed by atoms with van der Waals surface area (Å²) in [6, 6.07) is 1.90. The summed E-state index contributed by atoms with van der Waals surface area (Å²) in [6.45, 7) is 0. The highest BCUT2D eigenvalue weighted by Gasteiger charge is 2.33. The Labute approximate surface area is 110 Å². The molecule has 0 radical (unpaired) electrons. The fourth-order valence-corrected chi connectivity index (χ4v) is 2.17. The molecule has 1 aliphatic rings. The molecule has 98 valence electrons. The first-order valence-electron chi connectivity index (χ1n) is 4.99. The van der Waals surface area contributed by atoms with Crippen LogP contribution in [0.15, 0.2) is 17.7 Å². The van der Waals surface area contributed by atoms with Gasteiger partial charge in [-0.05, 0) is 12.1 Å². The fourth-order valence-electron chi connectivity index (χ4n) is 1.41. The van der Waals surface area contributed by atoms with Gasteiger partial charge in [0.25, 0.3) is 11.8 Å². The van der Waals surface area contributed by atoms with Gasteiger partial charge in [-0.1, -0.05) is 11.3 Å². The van der Waals surface area contributed by atoms with Gasteiger partial charge in [0.2, 0.25) is 0 Å². The molecule has 0 aromatic carbocycles. The van der Waals surface area contributed by atoms with Crippen LogP contribution in [0.3, 0.4) is 0 Å². The maximum atomic E-state index is 11.7. The van der Waals surface area contributed by atoms with Gasteiger partial charge < -0.3 is 0 Å². The van der Waals surface area contributed by atoms with Crippen LogP contribution >= 0.6 is 11.3 Å². The summed E-state index contributed by atoms with van der Waals surface area (Å²) < 4.78 is 0. The summed E-state index contributed by atoms with van der Waals surface area (Å²) >= 11 is 0.830. The van der Waals surface area contributed by atoms with Crippen molar-refractivity contribution < 1.29 is 19.3 Å². The molecule has 1 aliphatic heterocycles. The molecule has 1 N–H and O–H groups in total. The first-order chi connectivity index (χ1) is 8.90. The third kappa shape index (κ3) is 2.36. The lowest BCUT2D eigenvalue weighted by Crippen LogP contribution is -2.52. The van der Waals surface area contributed by atoms with Crippen LogP contribution < -0.4 is 5.32 Å². The quantitative estimate of drug-likeness (QED) is 0.372. The van der Waals surface area contributed by atoms with Crippen LogP contribution in [0.5, 0.6) is 0 Å². The molecule has 1 aromatic rings. The molecule has 0 spiro atoms. The molecular weight excluding hydrogens is 274 g/mol. The first kappa shape index (κ1) is 12.9. The van der Waals surface area contributed by atoms with Gasteiger partial charge in [-0.15, -0.1) is 0 Å². The normalized spacial score (nSPS) is 17.8. The predicted molar refractivity (Wildman–Crippen MR) is 65.3 cm³/mol. The summed E-state index contributed by atoms with van der Waals surface area (Å²) in [6.07, 6.45) is 1.22. The van der Waals surface area contributed by atoms with E-state index in [1.54, 1.807) is 0 Å². The SMILES string of the molecule is CN1C(=O)NC(=O)/C(=C\c2ccc([N+](=O)[O-])s2)C1=O. The lowest BCUT2D eigenvalue weighted by Gasteiger charge is -2.22. The number of hydrogen-bond acceptors (Lipinski definition) is 6. The van der Waals surface area contributed by atoms with E-state index < -0.39 is 22.8 Å². The second-order valence-corrected chi connectivity index (χ2v) is 4.71. The molecule has 0 aliphatic carbocycles. The Bertz CT molecular complexity index is 633. The van der Waals surface area contributed by atoms with Crippen molar-refractivity contribution in [1.82, 2.24) is 10.2 Å². The van der Waals surface area contributed by atoms with Crippen molar-refractivity contribution in [3.63, 3.8) is 0 Å². The van der Waals surface area contributed by atoms with Gasteiger partial charge in [-0.25, -0.2) is 4.79 Å². The average Bonchev–Trinajstić information content (AvgIpc) is 2.81. The molecule has 1 fully saturated rings. The van der Waals surface area contributed by atoms with Crippen molar-refractivity contribution in [3.05, 3.63) is 32.7 Å². The molecular formula is C10H7N3O5S. The topological polar surface area (TPSA) is 110 Å². The minimum Gasteiger partial charge on any atom is -0.273 e. The fraction of sp³-hybridized carbons (Fsp3) is 0.100. The van der Waals surface area contributed by atoms with E-state index in [1.807, 2.05) is 5.32 Å². The molecule has 2 rings (SSSR count). The Morgan fingerprint density at radius 3 is 2.63 bits per heavy atom. The first-order valence-corrected chi connectivity index (χ1v) is 5.81. The highest BCUT2D eigenvalue weighted by Crippen LogP contribution is 2.26. The number of barbiturate groups is 1. The van der Waals surface area contributed by atoms with Crippen molar-refractivity contribution in [1.29, 1.82) is 0 Å². The average molecular weight is 281 g/mol. The van der Waals surface area contributed by atoms with Crippen molar-refractivity contribution in [2.75, 3.05) is 7.05 Å². The molecule has 8 nitrogen and oxygen atoms in total. The number of urea groups is 1. The van der Waals surface area contributed by atoms with Gasteiger partial charge >= 0.3 is 11.0 Å². The van der Waals surface area contributed by atoms with E-state index in [1.165, 1.54) is 25.3 Å². The van der Waals surface area contributed by atoms with Crippen molar-refractivity contribution in [2.24, 2.45) is 0 Å². The number of rotatable bonds is 2. The summed E-state index contributed by atoms with van der Waals surface area (Å²) in [5, 5.41) is 12.4. The highest BCUT2D eigenvalue weighted by atomic mass is 32.1. The number of carbonyl (C=O) groups is 3. The largest absolute Gasteiger partial charge is 0.331 e. The molecule has 0 saturated carbocycles. The Morgan fingerprint density at radius 1 is 1.37 bits per heavy atom. The van der Waals surface area contributed by atoms with Crippen LogP contribution in [0.4, 0.5) is 9.80 Å². The lowest BCUT2D eigenvalue weighted by atomic mass is 10.1. The number of hydrogen-bond donors (Lipinski definition) is 1. The molecule has 1 saturated heterocycles. The molecule has 0 bridgehead atoms. The van der Waals surface area contributed by atoms with Crippen LogP contribution in [0, 0.1) is 10.1 Å². The van der Waals surface area contributed by atoms with Crippen LogP contribution in [0.2, 0.25) is 0 Å². The monoisotopic (exact) mass is 281 g/mol. The van der Waals surface area contributed by atoms with E-state index in [0.717, 1.165) is 16.2 Å². The third-order valence-electron chi connectivity index (χ3n) is 2.38. The lowest BCUT2D eigenvalue weighted by molar-refractivity contribution is -0.380. The van der Waals surface area contributed by atoms with Gasteiger partial charge in [0.1, 0.15) is 5.57 Å². The van der Waals surface area contributed by atoms with Crippen LogP contribution in [-0.2, 0) is 9.59 Å². The van der Waals surface area contributed by atoms with E-state index in [9.17, 15) is 24.5 Å². The van der Waals surface area contributed by atoms with Gasteiger partial charge in [0, 0.05) is 18.0 Å². The Hall–Kier alpha value is -2.55. The van der Waals surface area contributed by atoms with Crippen molar-refractivity contribution in [2.45, 2.75) is 0 Å². The molecule has 2 heterocycles. The summed E-state index contributed by atoms with van der Waals surface area (Å²) in [5.41, 5.74) is -0.237. The van der Waals surface area contributed by atoms with Crippen LogP contribution in [0.25, 0.3) is 6.08 Å². The molecule has 4 amide bonds. The standard InChI is InChI=1S/C10H7N3O5S/c1-12-9(15)6(8(14)11-10(12)16)4-5-2-3-7(19-5)13(17)18/h2-4H,1H3,(H,11,14,16)/b6-4+. The van der Waals surface area contributed by atoms with E-state index in [0.29, 0.717) is 4.88 Å². The third-order valence-corrected chi connectivity index (χ3v) is 3.37. The Balaban J connectivity index is 2.35. The number of likely N-dealkylation sites (N-methyl/N-ethyl adjacent to an activating group) is 1. The van der Waals surface area contributed by atoms with Crippen molar-refractivity contribution >= 4 is 40.3 Å². The van der Waals surface area contributed by atoms with E-state index in [-0.39, 0.29) is 10.6 Å². The zero-order valence-electron chi connectivity index (χ0n) is 9.58. The number of thiophene rings is 1. The predicted octanol–water partition coefficient (Wildman–Crippen LogP) is 0.748. The maximum absolute atomic E-state index is 11.7. The van der Waals surface area contributed by atoms with E-state index >= 15 is 0 Å². The van der Waals surface area contributed by atoms with Gasteiger partial charge in [-0.2, -0.15) is 0 Å². The van der Waals surface area contributed by atoms with Crippen molar-refractivity contribution in [3.8, 4) is 0 Å². The van der Waals surface area contributed by atoms with Crippen LogP contribution in [0.1, 0.15) is 4.88 Å². The summed E-state index contributed by atoms with van der Waals surface area (Å²) in [4.78, 5) is 45.5. The molecule has 0 atom stereocenters. The molecule has 19 heavy (non-hydrogen) atoms. The van der Waals surface area contributed by atoms with Gasteiger partial charge in [-0.3, -0.25) is 29.9 Å². The second kappa shape index (κ2) is 4.61. The zero-order valence-corrected chi connectivity index (χ0v) is 10.4. The number of carbonyl (C=O) groups excluding carboxylic acids is 3. The molecule has 0 unspecified atom stereocenters. The smallest absolute Gasteiger partial charge is 0.273 e. The number of nitro groups is 1. The number of imide groups is 2.